The van der Waals surface area contributed by atoms with Crippen LogP contribution < -0.4 is 5.32 Å². The highest BCUT2D eigenvalue weighted by atomic mass is 35.5. The average molecular weight is 204 g/mol. The Labute approximate surface area is 80.8 Å². The molecule has 0 fully saturated rings. The van der Waals surface area contributed by atoms with Crippen LogP contribution in [0.25, 0.3) is 0 Å². The minimum atomic E-state index is -0.308. The zero-order valence-electron chi connectivity index (χ0n) is 7.17. The number of ether oxygens (including phenoxy) is 1. The number of carbonyl (C=O) groups is 1. The van der Waals surface area contributed by atoms with E-state index in [9.17, 15) is 4.79 Å². The molecule has 0 saturated carbocycles. The van der Waals surface area contributed by atoms with Crippen LogP contribution in [0.1, 0.15) is 5.76 Å². The van der Waals surface area contributed by atoms with Crippen molar-refractivity contribution in [2.24, 2.45) is 0 Å². The number of rotatable bonds is 4. The number of methoxy groups -OCH3 is 1. The maximum absolute atomic E-state index is 10.7. The van der Waals surface area contributed by atoms with Crippen molar-refractivity contribution in [3.05, 3.63) is 23.1 Å². The number of hydrogen-bond acceptors (Lipinski definition) is 4. The second-order valence-electron chi connectivity index (χ2n) is 2.39. The van der Waals surface area contributed by atoms with E-state index in [1.807, 2.05) is 0 Å². The summed E-state index contributed by atoms with van der Waals surface area (Å²) in [5.41, 5.74) is 0. The molecular formula is C8H10ClNO3. The molecule has 0 spiro atoms. The summed E-state index contributed by atoms with van der Waals surface area (Å²) in [5.74, 6) is 0.381. The van der Waals surface area contributed by atoms with Gasteiger partial charge in [-0.1, -0.05) is 0 Å². The van der Waals surface area contributed by atoms with Gasteiger partial charge in [0.15, 0.2) is 5.22 Å². The SMILES string of the molecule is COC(=O)CNCc1ccc(Cl)o1. The molecule has 1 rings (SSSR count). The monoisotopic (exact) mass is 203 g/mol. The normalized spacial score (nSPS) is 10.0. The molecule has 0 aliphatic rings. The van der Waals surface area contributed by atoms with Crippen molar-refractivity contribution in [1.82, 2.24) is 5.32 Å². The summed E-state index contributed by atoms with van der Waals surface area (Å²) in [6.45, 7) is 0.622. The number of furan rings is 1. The lowest BCUT2D eigenvalue weighted by molar-refractivity contribution is -0.139. The molecule has 0 bridgehead atoms. The minimum Gasteiger partial charge on any atom is -0.468 e. The highest BCUT2D eigenvalue weighted by molar-refractivity contribution is 6.28. The van der Waals surface area contributed by atoms with Crippen LogP contribution in [0, 0.1) is 0 Å². The third kappa shape index (κ3) is 3.48. The van der Waals surface area contributed by atoms with Crippen molar-refractivity contribution >= 4 is 17.6 Å². The smallest absolute Gasteiger partial charge is 0.319 e. The Kier molecular flexibility index (Phi) is 3.79. The zero-order valence-corrected chi connectivity index (χ0v) is 7.93. The zero-order chi connectivity index (χ0) is 9.68. The maximum atomic E-state index is 10.7. The van der Waals surface area contributed by atoms with Gasteiger partial charge in [-0.3, -0.25) is 10.1 Å². The molecular weight excluding hydrogens is 194 g/mol. The van der Waals surface area contributed by atoms with Crippen LogP contribution in [-0.4, -0.2) is 19.6 Å². The Morgan fingerprint density at radius 3 is 3.00 bits per heavy atom. The molecule has 0 atom stereocenters. The van der Waals surface area contributed by atoms with E-state index in [0.717, 1.165) is 0 Å². The lowest BCUT2D eigenvalue weighted by Gasteiger charge is -1.99. The summed E-state index contributed by atoms with van der Waals surface area (Å²) in [7, 11) is 1.34. The van der Waals surface area contributed by atoms with Crippen LogP contribution in [0.5, 0.6) is 0 Å². The largest absolute Gasteiger partial charge is 0.468 e. The van der Waals surface area contributed by atoms with Crippen LogP contribution in [0.3, 0.4) is 0 Å². The van der Waals surface area contributed by atoms with E-state index in [4.69, 9.17) is 16.0 Å². The Bertz CT molecular complexity index is 285. The van der Waals surface area contributed by atoms with Crippen LogP contribution in [0.15, 0.2) is 16.5 Å². The predicted octanol–water partition coefficient (Wildman–Crippen LogP) is 1.20. The van der Waals surface area contributed by atoms with Gasteiger partial charge in [0.1, 0.15) is 5.76 Å². The second kappa shape index (κ2) is 4.89. The van der Waals surface area contributed by atoms with Crippen LogP contribution >= 0.6 is 11.6 Å². The van der Waals surface area contributed by atoms with E-state index in [1.54, 1.807) is 12.1 Å². The first-order chi connectivity index (χ1) is 6.22. The third-order valence-corrected chi connectivity index (χ3v) is 1.63. The first kappa shape index (κ1) is 10.1. The number of halogens is 1. The molecule has 0 amide bonds. The van der Waals surface area contributed by atoms with Crippen molar-refractivity contribution in [2.75, 3.05) is 13.7 Å². The third-order valence-electron chi connectivity index (χ3n) is 1.43. The molecule has 72 valence electrons. The summed E-state index contributed by atoms with van der Waals surface area (Å²) in [6, 6.07) is 3.39. The molecule has 1 aromatic rings. The topological polar surface area (TPSA) is 51.5 Å². The summed E-state index contributed by atoms with van der Waals surface area (Å²) >= 11 is 5.54. The van der Waals surface area contributed by atoms with Gasteiger partial charge in [0.2, 0.25) is 0 Å². The summed E-state index contributed by atoms with van der Waals surface area (Å²) in [4.78, 5) is 10.7. The Balaban J connectivity index is 2.24. The van der Waals surface area contributed by atoms with Crippen molar-refractivity contribution in [2.45, 2.75) is 6.54 Å². The van der Waals surface area contributed by atoms with Gasteiger partial charge in [-0.15, -0.1) is 0 Å². The number of carbonyl (C=O) groups excluding carboxylic acids is 1. The van der Waals surface area contributed by atoms with Gasteiger partial charge in [0.05, 0.1) is 20.2 Å². The van der Waals surface area contributed by atoms with E-state index >= 15 is 0 Å². The lowest BCUT2D eigenvalue weighted by Crippen LogP contribution is -2.23. The molecule has 1 N–H and O–H groups in total. The minimum absolute atomic E-state index is 0.162. The van der Waals surface area contributed by atoms with Crippen molar-refractivity contribution in [3.8, 4) is 0 Å². The lowest BCUT2D eigenvalue weighted by atomic mass is 10.4. The van der Waals surface area contributed by atoms with Gasteiger partial charge in [0, 0.05) is 0 Å². The number of esters is 1. The van der Waals surface area contributed by atoms with Gasteiger partial charge in [0.25, 0.3) is 0 Å². The fourth-order valence-corrected chi connectivity index (χ4v) is 0.969. The van der Waals surface area contributed by atoms with Crippen LogP contribution in [0.2, 0.25) is 5.22 Å². The van der Waals surface area contributed by atoms with Crippen LogP contribution in [-0.2, 0) is 16.1 Å². The molecule has 5 heteroatoms. The first-order valence-corrected chi connectivity index (χ1v) is 4.12. The Morgan fingerprint density at radius 1 is 1.69 bits per heavy atom. The maximum Gasteiger partial charge on any atom is 0.319 e. The number of nitrogens with one attached hydrogen (secondary N) is 1. The van der Waals surface area contributed by atoms with E-state index in [-0.39, 0.29) is 12.5 Å². The molecule has 1 aromatic heterocycles. The molecule has 0 saturated heterocycles. The molecule has 0 aliphatic carbocycles. The van der Waals surface area contributed by atoms with Gasteiger partial charge in [-0.2, -0.15) is 0 Å². The summed E-state index contributed by atoms with van der Waals surface area (Å²) in [6.07, 6.45) is 0. The number of hydrogen-bond donors (Lipinski definition) is 1. The Morgan fingerprint density at radius 2 is 2.46 bits per heavy atom. The highest BCUT2D eigenvalue weighted by Gasteiger charge is 2.01. The van der Waals surface area contributed by atoms with Crippen molar-refractivity contribution in [3.63, 3.8) is 0 Å². The second-order valence-corrected chi connectivity index (χ2v) is 2.76. The molecule has 1 heterocycles. The van der Waals surface area contributed by atoms with Gasteiger partial charge < -0.3 is 9.15 Å². The molecule has 0 aliphatic heterocycles. The van der Waals surface area contributed by atoms with Crippen molar-refractivity contribution in [1.29, 1.82) is 0 Å². The predicted molar refractivity (Wildman–Crippen MR) is 47.4 cm³/mol. The van der Waals surface area contributed by atoms with E-state index in [0.29, 0.717) is 17.5 Å². The molecule has 0 radical (unpaired) electrons. The van der Waals surface area contributed by atoms with Gasteiger partial charge in [-0.25, -0.2) is 0 Å². The van der Waals surface area contributed by atoms with Crippen molar-refractivity contribution < 1.29 is 13.9 Å². The molecule has 0 unspecified atom stereocenters. The molecule has 13 heavy (non-hydrogen) atoms. The quantitative estimate of drug-likeness (QED) is 0.747. The standard InChI is InChI=1S/C8H10ClNO3/c1-12-8(11)5-10-4-6-2-3-7(9)13-6/h2-3,10H,4-5H2,1H3. The fourth-order valence-electron chi connectivity index (χ4n) is 0.807. The van der Waals surface area contributed by atoms with Gasteiger partial charge >= 0.3 is 5.97 Å². The molecule has 4 nitrogen and oxygen atoms in total. The summed E-state index contributed by atoms with van der Waals surface area (Å²) < 4.78 is 9.48. The molecule has 0 aromatic carbocycles. The summed E-state index contributed by atoms with van der Waals surface area (Å²) in [5, 5.41) is 3.18. The highest BCUT2D eigenvalue weighted by Crippen LogP contribution is 2.12. The van der Waals surface area contributed by atoms with E-state index < -0.39 is 0 Å². The Hall–Kier alpha value is -1.00. The first-order valence-electron chi connectivity index (χ1n) is 3.74. The van der Waals surface area contributed by atoms with E-state index in [1.165, 1.54) is 7.11 Å². The van der Waals surface area contributed by atoms with E-state index in [2.05, 4.69) is 10.1 Å². The fraction of sp³-hybridized carbons (Fsp3) is 0.375. The average Bonchev–Trinajstić information content (AvgIpc) is 2.51. The van der Waals surface area contributed by atoms with Gasteiger partial charge in [-0.05, 0) is 23.7 Å². The van der Waals surface area contributed by atoms with Crippen LogP contribution in [0.4, 0.5) is 0 Å².